The van der Waals surface area contributed by atoms with E-state index in [0.717, 1.165) is 0 Å². The summed E-state index contributed by atoms with van der Waals surface area (Å²) in [5.41, 5.74) is -0.0521. The minimum Gasteiger partial charge on any atom is -0.478 e. The fourth-order valence-electron chi connectivity index (χ4n) is 1.44. The molecule has 0 bridgehead atoms. The Labute approximate surface area is 120 Å². The van der Waals surface area contributed by atoms with E-state index < -0.39 is 18.0 Å². The summed E-state index contributed by atoms with van der Waals surface area (Å²) in [7, 11) is 1.44. The lowest BCUT2D eigenvalue weighted by Crippen LogP contribution is -2.45. The SMILES string of the molecule is CNC(=O)C(C)NC(=O)Nc1ccc(Cl)cc1C(=O)O. The maximum atomic E-state index is 11.7. The number of aromatic carboxylic acids is 1. The summed E-state index contributed by atoms with van der Waals surface area (Å²) in [6.45, 7) is 1.50. The van der Waals surface area contributed by atoms with Crippen molar-refractivity contribution < 1.29 is 19.5 Å². The lowest BCUT2D eigenvalue weighted by Gasteiger charge is -2.14. The number of carbonyl (C=O) groups excluding carboxylic acids is 2. The second-order valence-corrected chi connectivity index (χ2v) is 4.37. The first kappa shape index (κ1) is 15.8. The average Bonchev–Trinajstić information content (AvgIpc) is 2.39. The lowest BCUT2D eigenvalue weighted by atomic mass is 10.2. The van der Waals surface area contributed by atoms with Crippen LogP contribution in [0.2, 0.25) is 5.02 Å². The topological polar surface area (TPSA) is 108 Å². The molecule has 3 amide bonds. The van der Waals surface area contributed by atoms with Crippen LogP contribution < -0.4 is 16.0 Å². The first-order chi connectivity index (χ1) is 9.35. The lowest BCUT2D eigenvalue weighted by molar-refractivity contribution is -0.122. The summed E-state index contributed by atoms with van der Waals surface area (Å²) in [5.74, 6) is -1.59. The van der Waals surface area contributed by atoms with Crippen LogP contribution in [0.3, 0.4) is 0 Å². The van der Waals surface area contributed by atoms with Gasteiger partial charge in [-0.3, -0.25) is 4.79 Å². The highest BCUT2D eigenvalue weighted by atomic mass is 35.5. The number of hydrogen-bond donors (Lipinski definition) is 4. The van der Waals surface area contributed by atoms with Crippen LogP contribution in [0.4, 0.5) is 10.5 Å². The number of hydrogen-bond acceptors (Lipinski definition) is 3. The second kappa shape index (κ2) is 6.76. The summed E-state index contributed by atoms with van der Waals surface area (Å²) < 4.78 is 0. The molecule has 0 aliphatic carbocycles. The number of carboxylic acids is 1. The van der Waals surface area contributed by atoms with E-state index in [9.17, 15) is 14.4 Å². The Balaban J connectivity index is 2.81. The van der Waals surface area contributed by atoms with Crippen molar-refractivity contribution in [3.8, 4) is 0 Å². The maximum Gasteiger partial charge on any atom is 0.337 e. The fraction of sp³-hybridized carbons (Fsp3) is 0.250. The number of carbonyl (C=O) groups is 3. The molecule has 1 rings (SSSR count). The number of amides is 3. The molecule has 1 atom stereocenters. The largest absolute Gasteiger partial charge is 0.478 e. The first-order valence-corrected chi connectivity index (χ1v) is 6.05. The number of halogens is 1. The zero-order chi connectivity index (χ0) is 15.3. The molecule has 0 heterocycles. The Kier molecular flexibility index (Phi) is 5.33. The van der Waals surface area contributed by atoms with E-state index in [1.807, 2.05) is 0 Å². The standard InChI is InChI=1S/C12H14ClN3O4/c1-6(10(17)14-2)15-12(20)16-9-4-3-7(13)5-8(9)11(18)19/h3-6H,1-2H3,(H,14,17)(H,18,19)(H2,15,16,20). The molecule has 7 nitrogen and oxygen atoms in total. The molecule has 1 aromatic carbocycles. The van der Waals surface area contributed by atoms with Crippen molar-refractivity contribution in [2.24, 2.45) is 0 Å². The Hall–Kier alpha value is -2.28. The predicted octanol–water partition coefficient (Wildman–Crippen LogP) is 1.29. The van der Waals surface area contributed by atoms with Gasteiger partial charge in [-0.1, -0.05) is 11.6 Å². The van der Waals surface area contributed by atoms with Crippen molar-refractivity contribution in [1.82, 2.24) is 10.6 Å². The Morgan fingerprint density at radius 3 is 2.50 bits per heavy atom. The van der Waals surface area contributed by atoms with Gasteiger partial charge in [-0.25, -0.2) is 9.59 Å². The van der Waals surface area contributed by atoms with Crippen LogP contribution in [0.25, 0.3) is 0 Å². The predicted molar refractivity (Wildman–Crippen MR) is 74.1 cm³/mol. The van der Waals surface area contributed by atoms with Gasteiger partial charge in [0.1, 0.15) is 6.04 Å². The minimum atomic E-state index is -1.22. The molecule has 20 heavy (non-hydrogen) atoms. The van der Waals surface area contributed by atoms with E-state index in [1.54, 1.807) is 0 Å². The maximum absolute atomic E-state index is 11.7. The fourth-order valence-corrected chi connectivity index (χ4v) is 1.61. The summed E-state index contributed by atoms with van der Waals surface area (Å²) in [6, 6.07) is 2.61. The van der Waals surface area contributed by atoms with Crippen molar-refractivity contribution in [3.63, 3.8) is 0 Å². The highest BCUT2D eigenvalue weighted by Gasteiger charge is 2.16. The molecule has 0 saturated carbocycles. The highest BCUT2D eigenvalue weighted by Crippen LogP contribution is 2.20. The van der Waals surface area contributed by atoms with Crippen molar-refractivity contribution in [3.05, 3.63) is 28.8 Å². The van der Waals surface area contributed by atoms with Crippen molar-refractivity contribution in [1.29, 1.82) is 0 Å². The van der Waals surface area contributed by atoms with E-state index in [4.69, 9.17) is 16.7 Å². The second-order valence-electron chi connectivity index (χ2n) is 3.93. The van der Waals surface area contributed by atoms with Gasteiger partial charge in [-0.15, -0.1) is 0 Å². The van der Waals surface area contributed by atoms with Gasteiger partial charge in [-0.2, -0.15) is 0 Å². The molecular formula is C12H14ClN3O4. The third-order valence-corrected chi connectivity index (χ3v) is 2.68. The molecule has 0 aliphatic heterocycles. The number of likely N-dealkylation sites (N-methyl/N-ethyl adjacent to an activating group) is 1. The van der Waals surface area contributed by atoms with Crippen LogP contribution in [0.15, 0.2) is 18.2 Å². The third-order valence-electron chi connectivity index (χ3n) is 2.45. The molecule has 0 aliphatic rings. The van der Waals surface area contributed by atoms with Crippen LogP contribution in [0, 0.1) is 0 Å². The molecule has 0 radical (unpaired) electrons. The number of anilines is 1. The molecule has 0 aromatic heterocycles. The third kappa shape index (κ3) is 4.13. The van der Waals surface area contributed by atoms with E-state index in [-0.39, 0.29) is 22.2 Å². The van der Waals surface area contributed by atoms with Crippen molar-refractivity contribution in [2.45, 2.75) is 13.0 Å². The molecule has 4 N–H and O–H groups in total. The van der Waals surface area contributed by atoms with Gasteiger partial charge < -0.3 is 21.1 Å². The molecule has 1 aromatic rings. The highest BCUT2D eigenvalue weighted by molar-refractivity contribution is 6.31. The summed E-state index contributed by atoms with van der Waals surface area (Å²) >= 11 is 5.70. The molecule has 0 saturated heterocycles. The average molecular weight is 300 g/mol. The monoisotopic (exact) mass is 299 g/mol. The first-order valence-electron chi connectivity index (χ1n) is 5.67. The van der Waals surface area contributed by atoms with Crippen LogP contribution in [0.5, 0.6) is 0 Å². The van der Waals surface area contributed by atoms with Crippen molar-refractivity contribution in [2.75, 3.05) is 12.4 Å². The number of carboxylic acid groups (broad SMARTS) is 1. The van der Waals surface area contributed by atoms with E-state index in [0.29, 0.717) is 0 Å². The van der Waals surface area contributed by atoms with Gasteiger partial charge in [0.05, 0.1) is 11.3 Å². The van der Waals surface area contributed by atoms with Gasteiger partial charge in [-0.05, 0) is 25.1 Å². The van der Waals surface area contributed by atoms with Gasteiger partial charge in [0.15, 0.2) is 0 Å². The molecule has 1 unspecified atom stereocenters. The quantitative estimate of drug-likeness (QED) is 0.672. The summed E-state index contributed by atoms with van der Waals surface area (Å²) in [6.07, 6.45) is 0. The molecule has 0 spiro atoms. The van der Waals surface area contributed by atoms with E-state index in [2.05, 4.69) is 16.0 Å². The van der Waals surface area contributed by atoms with Gasteiger partial charge in [0, 0.05) is 12.1 Å². The molecule has 108 valence electrons. The van der Waals surface area contributed by atoms with Gasteiger partial charge >= 0.3 is 12.0 Å². The smallest absolute Gasteiger partial charge is 0.337 e. The number of rotatable bonds is 4. The number of urea groups is 1. The molecule has 8 heteroatoms. The Morgan fingerprint density at radius 1 is 1.30 bits per heavy atom. The summed E-state index contributed by atoms with van der Waals surface area (Å²) in [5, 5.41) is 16.4. The zero-order valence-electron chi connectivity index (χ0n) is 10.9. The van der Waals surface area contributed by atoms with Crippen molar-refractivity contribution >= 4 is 35.2 Å². The van der Waals surface area contributed by atoms with Crippen LogP contribution in [-0.2, 0) is 4.79 Å². The van der Waals surface area contributed by atoms with Gasteiger partial charge in [0.2, 0.25) is 5.91 Å². The van der Waals surface area contributed by atoms with Crippen LogP contribution in [0.1, 0.15) is 17.3 Å². The van der Waals surface area contributed by atoms with Gasteiger partial charge in [0.25, 0.3) is 0 Å². The molecular weight excluding hydrogens is 286 g/mol. The van der Waals surface area contributed by atoms with E-state index >= 15 is 0 Å². The number of nitrogens with one attached hydrogen (secondary N) is 3. The Bertz CT molecular complexity index is 548. The summed E-state index contributed by atoms with van der Waals surface area (Å²) in [4.78, 5) is 34.0. The minimum absolute atomic E-state index is 0.0866. The Morgan fingerprint density at radius 2 is 1.95 bits per heavy atom. The zero-order valence-corrected chi connectivity index (χ0v) is 11.6. The van der Waals surface area contributed by atoms with Crippen LogP contribution in [-0.4, -0.2) is 36.1 Å². The van der Waals surface area contributed by atoms with Crippen LogP contribution >= 0.6 is 11.6 Å². The molecule has 0 fully saturated rings. The normalized spacial score (nSPS) is 11.3. The number of benzene rings is 1. The van der Waals surface area contributed by atoms with E-state index in [1.165, 1.54) is 32.2 Å².